The molecule has 2 unspecified atom stereocenters. The van der Waals surface area contributed by atoms with E-state index in [1.165, 1.54) is 12.1 Å². The van der Waals surface area contributed by atoms with Gasteiger partial charge in [0.05, 0.1) is 6.10 Å². The maximum absolute atomic E-state index is 13.6. The van der Waals surface area contributed by atoms with Gasteiger partial charge in [-0.1, -0.05) is 0 Å². The highest BCUT2D eigenvalue weighted by molar-refractivity contribution is 5.32. The fourth-order valence-electron chi connectivity index (χ4n) is 2.63. The molecule has 1 aromatic carbocycles. The van der Waals surface area contributed by atoms with Crippen molar-refractivity contribution in [3.05, 3.63) is 36.5 Å². The lowest BCUT2D eigenvalue weighted by Crippen LogP contribution is -2.42. The van der Waals surface area contributed by atoms with Gasteiger partial charge in [0.2, 0.25) is 0 Å². The third-order valence-electron chi connectivity index (χ3n) is 3.48. The second-order valence-electron chi connectivity index (χ2n) is 4.98. The Kier molecular flexibility index (Phi) is 5.08. The van der Waals surface area contributed by atoms with E-state index in [0.717, 1.165) is 12.5 Å². The minimum atomic E-state index is -3.04. The van der Waals surface area contributed by atoms with Crippen LogP contribution in [0.2, 0.25) is 0 Å². The zero-order valence-electron chi connectivity index (χ0n) is 11.3. The third-order valence-corrected chi connectivity index (χ3v) is 3.48. The first kappa shape index (κ1) is 16.1. The zero-order valence-corrected chi connectivity index (χ0v) is 11.3. The summed E-state index contributed by atoms with van der Waals surface area (Å²) in [6.07, 6.45) is -1.06. The average Bonchev–Trinajstić information content (AvgIpc) is 2.85. The van der Waals surface area contributed by atoms with Crippen molar-refractivity contribution in [3.63, 3.8) is 0 Å². The summed E-state index contributed by atoms with van der Waals surface area (Å²) in [4.78, 5) is 1.57. The number of likely N-dealkylation sites (tertiary alicyclic amines) is 1. The van der Waals surface area contributed by atoms with Crippen LogP contribution in [0.4, 0.5) is 13.2 Å². The fraction of sp³-hybridized carbons (Fsp3) is 0.500. The van der Waals surface area contributed by atoms with Crippen LogP contribution in [0.3, 0.4) is 0 Å². The molecule has 4 nitrogen and oxygen atoms in total. The normalized spacial score (nSPS) is 22.5. The van der Waals surface area contributed by atoms with Crippen molar-refractivity contribution in [2.24, 2.45) is 0 Å². The molecule has 1 saturated heterocycles. The van der Waals surface area contributed by atoms with E-state index < -0.39 is 24.8 Å². The number of hydrogen-bond donors (Lipinski definition) is 2. The van der Waals surface area contributed by atoms with Crippen LogP contribution in [-0.2, 0) is 0 Å². The molecular weight excluding hydrogens is 287 g/mol. The molecule has 0 spiro atoms. The third kappa shape index (κ3) is 3.87. The maximum Gasteiger partial charge on any atom is 0.387 e. The van der Waals surface area contributed by atoms with Gasteiger partial charge in [-0.15, -0.1) is 0 Å². The van der Waals surface area contributed by atoms with E-state index in [4.69, 9.17) is 0 Å². The molecule has 1 radical (unpaired) electrons. The first-order valence-corrected chi connectivity index (χ1v) is 6.58. The molecular formula is C14H17F3NO3. The monoisotopic (exact) mass is 304 g/mol. The minimum absolute atomic E-state index is 0.267. The highest BCUT2D eigenvalue weighted by Gasteiger charge is 2.33. The molecule has 0 bridgehead atoms. The van der Waals surface area contributed by atoms with Gasteiger partial charge in [0.25, 0.3) is 0 Å². The van der Waals surface area contributed by atoms with Crippen molar-refractivity contribution >= 4 is 0 Å². The molecule has 2 N–H and O–H groups in total. The number of hydrogen-bond acceptors (Lipinski definition) is 4. The van der Waals surface area contributed by atoms with Gasteiger partial charge >= 0.3 is 6.61 Å². The lowest BCUT2D eigenvalue weighted by Gasteiger charge is -2.31. The highest BCUT2D eigenvalue weighted by Crippen LogP contribution is 2.35. The molecule has 117 valence electrons. The van der Waals surface area contributed by atoms with Crippen LogP contribution in [0, 0.1) is 12.7 Å². The largest absolute Gasteiger partial charge is 0.435 e. The van der Waals surface area contributed by atoms with Crippen LogP contribution in [0.15, 0.2) is 18.2 Å². The van der Waals surface area contributed by atoms with Crippen LogP contribution in [0.25, 0.3) is 0 Å². The van der Waals surface area contributed by atoms with Gasteiger partial charge in [-0.2, -0.15) is 8.78 Å². The van der Waals surface area contributed by atoms with Crippen LogP contribution in [0.5, 0.6) is 5.75 Å². The van der Waals surface area contributed by atoms with Crippen LogP contribution in [-0.4, -0.2) is 40.6 Å². The van der Waals surface area contributed by atoms with Gasteiger partial charge in [0, 0.05) is 18.7 Å². The van der Waals surface area contributed by atoms with Crippen molar-refractivity contribution in [2.75, 3.05) is 6.54 Å². The quantitative estimate of drug-likeness (QED) is 0.874. The van der Waals surface area contributed by atoms with Crippen LogP contribution < -0.4 is 4.74 Å². The Morgan fingerprint density at radius 3 is 2.62 bits per heavy atom. The molecule has 21 heavy (non-hydrogen) atoms. The van der Waals surface area contributed by atoms with Gasteiger partial charge in [-0.05, 0) is 37.5 Å². The first-order chi connectivity index (χ1) is 9.88. The summed E-state index contributed by atoms with van der Waals surface area (Å²) in [7, 11) is 0. The molecule has 1 aliphatic heterocycles. The number of nitrogens with zero attached hydrogens (tertiary/aromatic N) is 1. The molecule has 1 aromatic rings. The number of rotatable bonds is 5. The number of halogens is 3. The Hall–Kier alpha value is -1.31. The predicted octanol–water partition coefficient (Wildman–Crippen LogP) is 2.08. The standard InChI is InChI=1S/C14H17F3NO3/c1-8(19)13(20)18-4-2-3-12(18)9-5-10(15)7-11(6-9)21-14(16)17/h5-8,12-14,19-20H,1-4H2/t8?,12-,13?/m1/s1. The summed E-state index contributed by atoms with van der Waals surface area (Å²) >= 11 is 0. The average molecular weight is 304 g/mol. The lowest BCUT2D eigenvalue weighted by atomic mass is 10.0. The first-order valence-electron chi connectivity index (χ1n) is 6.58. The minimum Gasteiger partial charge on any atom is -0.435 e. The van der Waals surface area contributed by atoms with Crippen molar-refractivity contribution in [1.82, 2.24) is 4.90 Å². The lowest BCUT2D eigenvalue weighted by molar-refractivity contribution is -0.0726. The predicted molar refractivity (Wildman–Crippen MR) is 69.1 cm³/mol. The highest BCUT2D eigenvalue weighted by atomic mass is 19.3. The number of aliphatic hydroxyl groups excluding tert-OH is 2. The Morgan fingerprint density at radius 2 is 2.00 bits per heavy atom. The summed E-state index contributed by atoms with van der Waals surface area (Å²) in [6, 6.07) is 3.03. The van der Waals surface area contributed by atoms with E-state index in [1.807, 2.05) is 0 Å². The number of aliphatic hydroxyl groups is 2. The van der Waals surface area contributed by atoms with E-state index in [-0.39, 0.29) is 11.8 Å². The SMILES string of the molecule is [CH2]C(O)C(O)N1CCC[C@@H]1c1cc(F)cc(OC(F)F)c1. The van der Waals surface area contributed by atoms with Crippen LogP contribution in [0.1, 0.15) is 24.4 Å². The summed E-state index contributed by atoms with van der Waals surface area (Å²) in [6.45, 7) is 0.816. The summed E-state index contributed by atoms with van der Waals surface area (Å²) in [5.41, 5.74) is 0.419. The van der Waals surface area contributed by atoms with Gasteiger partial charge in [0.15, 0.2) is 0 Å². The summed E-state index contributed by atoms with van der Waals surface area (Å²) < 4.78 is 42.2. The van der Waals surface area contributed by atoms with Crippen LogP contribution >= 0.6 is 0 Å². The topological polar surface area (TPSA) is 52.9 Å². The van der Waals surface area contributed by atoms with Gasteiger partial charge in [0.1, 0.15) is 17.8 Å². The zero-order chi connectivity index (χ0) is 15.6. The van der Waals surface area contributed by atoms with E-state index >= 15 is 0 Å². The van der Waals surface area contributed by atoms with E-state index in [0.29, 0.717) is 18.5 Å². The number of ether oxygens (including phenoxy) is 1. The van der Waals surface area contributed by atoms with Gasteiger partial charge in [-0.3, -0.25) is 4.90 Å². The molecule has 0 amide bonds. The number of alkyl halides is 2. The fourth-order valence-corrected chi connectivity index (χ4v) is 2.63. The van der Waals surface area contributed by atoms with E-state index in [1.54, 1.807) is 4.90 Å². The van der Waals surface area contributed by atoms with Crippen molar-refractivity contribution in [1.29, 1.82) is 0 Å². The smallest absolute Gasteiger partial charge is 0.387 e. The van der Waals surface area contributed by atoms with Crippen molar-refractivity contribution < 1.29 is 28.1 Å². The van der Waals surface area contributed by atoms with E-state index in [2.05, 4.69) is 11.7 Å². The molecule has 0 aliphatic carbocycles. The molecule has 1 aliphatic rings. The van der Waals surface area contributed by atoms with Gasteiger partial charge in [-0.25, -0.2) is 4.39 Å². The summed E-state index contributed by atoms with van der Waals surface area (Å²) in [5.74, 6) is -0.962. The second kappa shape index (κ2) is 6.64. The Balaban J connectivity index is 2.25. The Bertz CT molecular complexity index is 485. The second-order valence-corrected chi connectivity index (χ2v) is 4.98. The molecule has 2 rings (SSSR count). The molecule has 1 fully saturated rings. The maximum atomic E-state index is 13.6. The summed E-state index contributed by atoms with van der Waals surface area (Å²) in [5, 5.41) is 19.3. The number of benzene rings is 1. The van der Waals surface area contributed by atoms with Gasteiger partial charge < -0.3 is 14.9 Å². The van der Waals surface area contributed by atoms with Crippen molar-refractivity contribution in [2.45, 2.75) is 37.8 Å². The van der Waals surface area contributed by atoms with E-state index in [9.17, 15) is 23.4 Å². The van der Waals surface area contributed by atoms with Crippen molar-refractivity contribution in [3.8, 4) is 5.75 Å². The molecule has 3 atom stereocenters. The Morgan fingerprint density at radius 1 is 1.29 bits per heavy atom. The molecule has 0 aromatic heterocycles. The Labute approximate surface area is 120 Å². The molecule has 1 heterocycles. The molecule has 7 heteroatoms. The molecule has 0 saturated carbocycles.